The van der Waals surface area contributed by atoms with Crippen LogP contribution < -0.4 is 10.2 Å². The molecule has 0 spiro atoms. The van der Waals surface area contributed by atoms with E-state index >= 15 is 0 Å². The number of nitrogens with one attached hydrogen (secondary N) is 1. The van der Waals surface area contributed by atoms with Gasteiger partial charge in [0.25, 0.3) is 5.91 Å². The second-order valence-electron chi connectivity index (χ2n) is 6.98. The molecule has 5 nitrogen and oxygen atoms in total. The van der Waals surface area contributed by atoms with Crippen LogP contribution in [0.4, 0.5) is 11.4 Å². The Morgan fingerprint density at radius 1 is 1.00 bits per heavy atom. The van der Waals surface area contributed by atoms with Gasteiger partial charge in [-0.15, -0.1) is 0 Å². The normalized spacial score (nSPS) is 16.9. The van der Waals surface area contributed by atoms with Crippen LogP contribution in [-0.2, 0) is 11.2 Å². The minimum Gasteiger partial charge on any atom is -0.368 e. The predicted octanol–water partition coefficient (Wildman–Crippen LogP) is 2.84. The van der Waals surface area contributed by atoms with Gasteiger partial charge in [0.05, 0.1) is 0 Å². The number of anilines is 2. The van der Waals surface area contributed by atoms with Crippen molar-refractivity contribution in [2.24, 2.45) is 0 Å². The molecule has 2 aromatic carbocycles. The first-order valence-electron chi connectivity index (χ1n) is 9.14. The van der Waals surface area contributed by atoms with Gasteiger partial charge in [-0.25, -0.2) is 0 Å². The standard InChI is InChI=1S/C21H23N3O2/c1-15-4-2-3-5-18(15)21(26)24-12-10-23(11-13-24)17-7-8-19-16(14-17)6-9-20(25)22-19/h2-5,7-8,14H,6,9-13H2,1H3,(H,22,25). The third-order valence-corrected chi connectivity index (χ3v) is 5.29. The molecule has 0 atom stereocenters. The van der Waals surface area contributed by atoms with E-state index in [0.717, 1.165) is 49.4 Å². The van der Waals surface area contributed by atoms with Crippen LogP contribution in [0.3, 0.4) is 0 Å². The topological polar surface area (TPSA) is 52.7 Å². The number of piperazine rings is 1. The molecule has 1 N–H and O–H groups in total. The average molecular weight is 349 g/mol. The summed E-state index contributed by atoms with van der Waals surface area (Å²) in [5, 5.41) is 2.93. The van der Waals surface area contributed by atoms with Gasteiger partial charge in [0, 0.05) is 49.5 Å². The molecule has 2 aromatic rings. The van der Waals surface area contributed by atoms with Crippen molar-refractivity contribution in [3.05, 3.63) is 59.2 Å². The maximum absolute atomic E-state index is 12.8. The second kappa shape index (κ2) is 6.83. The third-order valence-electron chi connectivity index (χ3n) is 5.29. The lowest BCUT2D eigenvalue weighted by molar-refractivity contribution is -0.116. The number of carbonyl (C=O) groups is 2. The molecule has 0 aliphatic carbocycles. The fourth-order valence-electron chi connectivity index (χ4n) is 3.72. The number of rotatable bonds is 2. The lowest BCUT2D eigenvalue weighted by Gasteiger charge is -2.36. The largest absolute Gasteiger partial charge is 0.368 e. The lowest BCUT2D eigenvalue weighted by atomic mass is 10.0. The van der Waals surface area contributed by atoms with E-state index in [1.165, 1.54) is 11.3 Å². The van der Waals surface area contributed by atoms with Crippen LogP contribution in [0.1, 0.15) is 27.9 Å². The van der Waals surface area contributed by atoms with Gasteiger partial charge in [-0.05, 0) is 48.7 Å². The van der Waals surface area contributed by atoms with Crippen LogP contribution in [0.2, 0.25) is 0 Å². The quantitative estimate of drug-likeness (QED) is 0.907. The van der Waals surface area contributed by atoms with Crippen molar-refractivity contribution in [3.63, 3.8) is 0 Å². The molecule has 2 heterocycles. The van der Waals surface area contributed by atoms with E-state index in [2.05, 4.69) is 22.3 Å². The molecule has 5 heteroatoms. The van der Waals surface area contributed by atoms with Crippen LogP contribution in [0.25, 0.3) is 0 Å². The first-order valence-corrected chi connectivity index (χ1v) is 9.14. The number of hydrogen-bond donors (Lipinski definition) is 1. The summed E-state index contributed by atoms with van der Waals surface area (Å²) in [5.74, 6) is 0.212. The highest BCUT2D eigenvalue weighted by molar-refractivity contribution is 5.96. The number of carbonyl (C=O) groups excluding carboxylic acids is 2. The summed E-state index contributed by atoms with van der Waals surface area (Å²) >= 11 is 0. The number of amides is 2. The summed E-state index contributed by atoms with van der Waals surface area (Å²) in [6.07, 6.45) is 1.34. The third kappa shape index (κ3) is 3.17. The molecular weight excluding hydrogens is 326 g/mol. The van der Waals surface area contributed by atoms with Crippen molar-refractivity contribution < 1.29 is 9.59 Å². The van der Waals surface area contributed by atoms with Crippen LogP contribution in [0.5, 0.6) is 0 Å². The maximum Gasteiger partial charge on any atom is 0.254 e. The maximum atomic E-state index is 12.8. The summed E-state index contributed by atoms with van der Waals surface area (Å²) in [6, 6.07) is 14.0. The molecule has 2 aliphatic heterocycles. The molecule has 1 fully saturated rings. The van der Waals surface area contributed by atoms with Crippen molar-refractivity contribution in [3.8, 4) is 0 Å². The molecule has 134 valence electrons. The predicted molar refractivity (Wildman–Crippen MR) is 103 cm³/mol. The molecule has 0 unspecified atom stereocenters. The van der Waals surface area contributed by atoms with Gasteiger partial charge in [-0.1, -0.05) is 18.2 Å². The Kier molecular flexibility index (Phi) is 4.37. The molecule has 4 rings (SSSR count). The minimum atomic E-state index is 0.0913. The molecular formula is C21H23N3O2. The van der Waals surface area contributed by atoms with Gasteiger partial charge in [0.1, 0.15) is 0 Å². The van der Waals surface area contributed by atoms with Crippen molar-refractivity contribution >= 4 is 23.2 Å². The molecule has 2 amide bonds. The summed E-state index contributed by atoms with van der Waals surface area (Å²) in [7, 11) is 0. The van der Waals surface area contributed by atoms with Gasteiger partial charge in [0.2, 0.25) is 5.91 Å². The summed E-state index contributed by atoms with van der Waals surface area (Å²) in [4.78, 5) is 28.5. The van der Waals surface area contributed by atoms with Crippen molar-refractivity contribution in [2.75, 3.05) is 36.4 Å². The Morgan fingerprint density at radius 2 is 1.77 bits per heavy atom. The zero-order valence-electron chi connectivity index (χ0n) is 15.0. The van der Waals surface area contributed by atoms with E-state index in [1.807, 2.05) is 42.2 Å². The highest BCUT2D eigenvalue weighted by atomic mass is 16.2. The van der Waals surface area contributed by atoms with E-state index in [-0.39, 0.29) is 11.8 Å². The number of fused-ring (bicyclic) bond motifs is 1. The first-order chi connectivity index (χ1) is 12.6. The van der Waals surface area contributed by atoms with Crippen LogP contribution in [-0.4, -0.2) is 42.9 Å². The highest BCUT2D eigenvalue weighted by Gasteiger charge is 2.24. The van der Waals surface area contributed by atoms with Crippen LogP contribution in [0, 0.1) is 6.92 Å². The van der Waals surface area contributed by atoms with E-state index in [4.69, 9.17) is 0 Å². The van der Waals surface area contributed by atoms with Gasteiger partial charge in [-0.2, -0.15) is 0 Å². The van der Waals surface area contributed by atoms with E-state index in [0.29, 0.717) is 6.42 Å². The average Bonchev–Trinajstić information content (AvgIpc) is 2.67. The van der Waals surface area contributed by atoms with Crippen LogP contribution in [0.15, 0.2) is 42.5 Å². The fraction of sp³-hybridized carbons (Fsp3) is 0.333. The van der Waals surface area contributed by atoms with Gasteiger partial charge >= 0.3 is 0 Å². The van der Waals surface area contributed by atoms with Gasteiger partial charge in [0.15, 0.2) is 0 Å². The SMILES string of the molecule is Cc1ccccc1C(=O)N1CCN(c2ccc3c(c2)CCC(=O)N3)CC1. The Balaban J connectivity index is 1.43. The van der Waals surface area contributed by atoms with E-state index in [1.54, 1.807) is 0 Å². The highest BCUT2D eigenvalue weighted by Crippen LogP contribution is 2.28. The number of hydrogen-bond acceptors (Lipinski definition) is 3. The molecule has 0 saturated carbocycles. The lowest BCUT2D eigenvalue weighted by Crippen LogP contribution is -2.49. The summed E-state index contributed by atoms with van der Waals surface area (Å²) in [6.45, 7) is 5.07. The zero-order valence-corrected chi connectivity index (χ0v) is 15.0. The number of benzene rings is 2. The van der Waals surface area contributed by atoms with Gasteiger partial charge in [-0.3, -0.25) is 9.59 Å². The molecule has 0 aromatic heterocycles. The minimum absolute atomic E-state index is 0.0913. The molecule has 0 radical (unpaired) electrons. The summed E-state index contributed by atoms with van der Waals surface area (Å²) in [5.41, 5.74) is 5.11. The molecule has 1 saturated heterocycles. The Labute approximate surface area is 153 Å². The molecule has 2 aliphatic rings. The Hall–Kier alpha value is -2.82. The number of nitrogens with zero attached hydrogens (tertiary/aromatic N) is 2. The van der Waals surface area contributed by atoms with Crippen LogP contribution >= 0.6 is 0 Å². The second-order valence-corrected chi connectivity index (χ2v) is 6.98. The van der Waals surface area contributed by atoms with E-state index < -0.39 is 0 Å². The Morgan fingerprint density at radius 3 is 2.54 bits per heavy atom. The monoisotopic (exact) mass is 349 g/mol. The van der Waals surface area contributed by atoms with Gasteiger partial charge < -0.3 is 15.1 Å². The fourth-order valence-corrected chi connectivity index (χ4v) is 3.72. The van der Waals surface area contributed by atoms with Crippen molar-refractivity contribution in [2.45, 2.75) is 19.8 Å². The Bertz CT molecular complexity index is 854. The summed E-state index contributed by atoms with van der Waals surface area (Å²) < 4.78 is 0. The molecule has 0 bridgehead atoms. The molecule has 26 heavy (non-hydrogen) atoms. The van der Waals surface area contributed by atoms with Crippen molar-refractivity contribution in [1.29, 1.82) is 0 Å². The zero-order chi connectivity index (χ0) is 18.1. The van der Waals surface area contributed by atoms with Crippen molar-refractivity contribution in [1.82, 2.24) is 4.90 Å². The van der Waals surface area contributed by atoms with E-state index in [9.17, 15) is 9.59 Å². The first kappa shape index (κ1) is 16.6. The smallest absolute Gasteiger partial charge is 0.254 e. The number of aryl methyl sites for hydroxylation is 2.